The first-order valence-electron chi connectivity index (χ1n) is 7.93. The summed E-state index contributed by atoms with van der Waals surface area (Å²) in [6.07, 6.45) is 2.65. The third-order valence-corrected chi connectivity index (χ3v) is 4.12. The molecule has 1 heterocycles. The first-order valence-corrected chi connectivity index (χ1v) is 7.93. The third kappa shape index (κ3) is 5.48. The Morgan fingerprint density at radius 1 is 1.29 bits per heavy atom. The number of piperidine rings is 1. The van der Waals surface area contributed by atoms with Crippen LogP contribution in [-0.4, -0.2) is 37.0 Å². The Morgan fingerprint density at radius 3 is 2.71 bits per heavy atom. The number of anilines is 1. The van der Waals surface area contributed by atoms with Gasteiger partial charge in [-0.15, -0.1) is 0 Å². The number of para-hydroxylation sites is 1. The Bertz CT molecular complexity index is 453. The molecule has 0 spiro atoms. The molecule has 0 radical (unpaired) electrons. The highest BCUT2D eigenvalue weighted by Gasteiger charge is 2.14. The summed E-state index contributed by atoms with van der Waals surface area (Å²) in [5, 5.41) is 6.36. The summed E-state index contributed by atoms with van der Waals surface area (Å²) in [5.74, 6) is 0.864. The zero-order valence-corrected chi connectivity index (χ0v) is 13.2. The Morgan fingerprint density at radius 2 is 2.00 bits per heavy atom. The Hall–Kier alpha value is -1.39. The molecule has 0 saturated carbocycles. The van der Waals surface area contributed by atoms with Gasteiger partial charge >= 0.3 is 0 Å². The lowest BCUT2D eigenvalue weighted by Gasteiger charge is -2.30. The fourth-order valence-electron chi connectivity index (χ4n) is 2.73. The molecule has 0 aliphatic carbocycles. The molecular formula is C17H27N3O. The minimum atomic E-state index is -0.0233. The molecule has 1 saturated heterocycles. The highest BCUT2D eigenvalue weighted by atomic mass is 16.1. The molecule has 0 bridgehead atoms. The van der Waals surface area contributed by atoms with Crippen LogP contribution in [0.4, 0.5) is 5.69 Å². The van der Waals surface area contributed by atoms with Crippen molar-refractivity contribution in [3.63, 3.8) is 0 Å². The molecule has 0 unspecified atom stereocenters. The minimum Gasteiger partial charge on any atom is -0.326 e. The second kappa shape index (κ2) is 8.15. The van der Waals surface area contributed by atoms with E-state index in [4.69, 9.17) is 0 Å². The van der Waals surface area contributed by atoms with Crippen LogP contribution >= 0.6 is 0 Å². The summed E-state index contributed by atoms with van der Waals surface area (Å²) < 4.78 is 0. The van der Waals surface area contributed by atoms with E-state index in [0.29, 0.717) is 0 Å². The molecule has 0 aromatic heterocycles. The largest absolute Gasteiger partial charge is 0.326 e. The molecule has 1 aliphatic rings. The average molecular weight is 289 g/mol. The minimum absolute atomic E-state index is 0.0233. The standard InChI is InChI=1S/C17H27N3O/c1-14-7-10-20(11-8-14)12-9-18-13-16-5-3-4-6-17(16)19-15(2)21/h3-6,14,18H,7-13H2,1-2H3,(H,19,21). The van der Waals surface area contributed by atoms with Crippen LogP contribution < -0.4 is 10.6 Å². The van der Waals surface area contributed by atoms with Gasteiger partial charge in [-0.2, -0.15) is 0 Å². The zero-order valence-electron chi connectivity index (χ0n) is 13.2. The molecular weight excluding hydrogens is 262 g/mol. The van der Waals surface area contributed by atoms with E-state index >= 15 is 0 Å². The summed E-state index contributed by atoms with van der Waals surface area (Å²) in [7, 11) is 0. The van der Waals surface area contributed by atoms with Gasteiger partial charge in [0.15, 0.2) is 0 Å². The molecule has 4 nitrogen and oxygen atoms in total. The van der Waals surface area contributed by atoms with E-state index in [2.05, 4.69) is 28.5 Å². The van der Waals surface area contributed by atoms with Crippen molar-refractivity contribution in [3.8, 4) is 0 Å². The molecule has 21 heavy (non-hydrogen) atoms. The Kier molecular flexibility index (Phi) is 6.21. The van der Waals surface area contributed by atoms with Crippen LogP contribution in [0.25, 0.3) is 0 Å². The normalized spacial score (nSPS) is 16.9. The van der Waals surface area contributed by atoms with Crippen LogP contribution in [0.5, 0.6) is 0 Å². The summed E-state index contributed by atoms with van der Waals surface area (Å²) in [6.45, 7) is 9.23. The molecule has 1 aromatic rings. The molecule has 0 atom stereocenters. The molecule has 1 fully saturated rings. The van der Waals surface area contributed by atoms with E-state index in [1.807, 2.05) is 18.2 Å². The van der Waals surface area contributed by atoms with Gasteiger partial charge in [0.05, 0.1) is 0 Å². The summed E-state index contributed by atoms with van der Waals surface area (Å²) >= 11 is 0. The predicted molar refractivity (Wildman–Crippen MR) is 87.3 cm³/mol. The lowest BCUT2D eigenvalue weighted by molar-refractivity contribution is -0.114. The van der Waals surface area contributed by atoms with Gasteiger partial charge in [-0.1, -0.05) is 25.1 Å². The van der Waals surface area contributed by atoms with E-state index in [-0.39, 0.29) is 5.91 Å². The quantitative estimate of drug-likeness (QED) is 0.791. The Balaban J connectivity index is 1.72. The Labute approximate surface area is 127 Å². The molecule has 116 valence electrons. The second-order valence-electron chi connectivity index (χ2n) is 6.04. The number of amides is 1. The second-order valence-corrected chi connectivity index (χ2v) is 6.04. The van der Waals surface area contributed by atoms with Crippen molar-refractivity contribution in [2.24, 2.45) is 5.92 Å². The molecule has 2 rings (SSSR count). The first-order chi connectivity index (χ1) is 10.1. The van der Waals surface area contributed by atoms with E-state index < -0.39 is 0 Å². The lowest BCUT2D eigenvalue weighted by atomic mass is 9.99. The van der Waals surface area contributed by atoms with Crippen molar-refractivity contribution in [1.82, 2.24) is 10.2 Å². The molecule has 1 aromatic carbocycles. The topological polar surface area (TPSA) is 44.4 Å². The number of carbonyl (C=O) groups excluding carboxylic acids is 1. The van der Waals surface area contributed by atoms with Crippen molar-refractivity contribution in [2.45, 2.75) is 33.2 Å². The van der Waals surface area contributed by atoms with Gasteiger partial charge in [0, 0.05) is 32.2 Å². The SMILES string of the molecule is CC(=O)Nc1ccccc1CNCCN1CCC(C)CC1. The van der Waals surface area contributed by atoms with Crippen LogP contribution in [0.1, 0.15) is 32.3 Å². The van der Waals surface area contributed by atoms with Gasteiger partial charge in [0.2, 0.25) is 5.91 Å². The van der Waals surface area contributed by atoms with E-state index in [9.17, 15) is 4.79 Å². The maximum absolute atomic E-state index is 11.2. The number of benzene rings is 1. The van der Waals surface area contributed by atoms with Gasteiger partial charge < -0.3 is 15.5 Å². The van der Waals surface area contributed by atoms with Crippen molar-refractivity contribution < 1.29 is 4.79 Å². The van der Waals surface area contributed by atoms with Crippen molar-refractivity contribution in [1.29, 1.82) is 0 Å². The molecule has 1 aliphatic heterocycles. The van der Waals surface area contributed by atoms with Gasteiger partial charge in [-0.05, 0) is 43.5 Å². The van der Waals surface area contributed by atoms with E-state index in [1.54, 1.807) is 6.92 Å². The first kappa shape index (κ1) is 16.0. The summed E-state index contributed by atoms with van der Waals surface area (Å²) in [4.78, 5) is 13.7. The van der Waals surface area contributed by atoms with Gasteiger partial charge in [0.25, 0.3) is 0 Å². The smallest absolute Gasteiger partial charge is 0.221 e. The van der Waals surface area contributed by atoms with Crippen molar-refractivity contribution >= 4 is 11.6 Å². The maximum atomic E-state index is 11.2. The van der Waals surface area contributed by atoms with Crippen LogP contribution in [0.2, 0.25) is 0 Å². The monoisotopic (exact) mass is 289 g/mol. The predicted octanol–water partition coefficient (Wildman–Crippen LogP) is 2.47. The number of hydrogen-bond acceptors (Lipinski definition) is 3. The van der Waals surface area contributed by atoms with Crippen LogP contribution in [0, 0.1) is 5.92 Å². The fraction of sp³-hybridized carbons (Fsp3) is 0.588. The number of rotatable bonds is 6. The summed E-state index contributed by atoms with van der Waals surface area (Å²) in [6, 6.07) is 7.96. The third-order valence-electron chi connectivity index (χ3n) is 4.12. The summed E-state index contributed by atoms with van der Waals surface area (Å²) in [5.41, 5.74) is 2.05. The number of carbonyl (C=O) groups is 1. The highest BCUT2D eigenvalue weighted by Crippen LogP contribution is 2.16. The lowest BCUT2D eigenvalue weighted by Crippen LogP contribution is -2.37. The number of nitrogens with zero attached hydrogens (tertiary/aromatic N) is 1. The molecule has 2 N–H and O–H groups in total. The van der Waals surface area contributed by atoms with Crippen LogP contribution in [0.3, 0.4) is 0 Å². The number of nitrogens with one attached hydrogen (secondary N) is 2. The number of hydrogen-bond donors (Lipinski definition) is 2. The molecule has 4 heteroatoms. The van der Waals surface area contributed by atoms with Crippen molar-refractivity contribution in [3.05, 3.63) is 29.8 Å². The maximum Gasteiger partial charge on any atom is 0.221 e. The van der Waals surface area contributed by atoms with Gasteiger partial charge in [-0.3, -0.25) is 4.79 Å². The zero-order chi connectivity index (χ0) is 15.1. The highest BCUT2D eigenvalue weighted by molar-refractivity contribution is 5.89. The van der Waals surface area contributed by atoms with Crippen LogP contribution in [-0.2, 0) is 11.3 Å². The van der Waals surface area contributed by atoms with Crippen LogP contribution in [0.15, 0.2) is 24.3 Å². The van der Waals surface area contributed by atoms with E-state index in [0.717, 1.165) is 36.8 Å². The van der Waals surface area contributed by atoms with Crippen molar-refractivity contribution in [2.75, 3.05) is 31.5 Å². The molecule has 1 amide bonds. The van der Waals surface area contributed by atoms with Gasteiger partial charge in [-0.25, -0.2) is 0 Å². The van der Waals surface area contributed by atoms with Gasteiger partial charge in [0.1, 0.15) is 0 Å². The number of likely N-dealkylation sites (tertiary alicyclic amines) is 1. The van der Waals surface area contributed by atoms with E-state index in [1.165, 1.54) is 25.9 Å². The average Bonchev–Trinajstić information content (AvgIpc) is 2.46. The fourth-order valence-corrected chi connectivity index (χ4v) is 2.73.